The van der Waals surface area contributed by atoms with Crippen molar-refractivity contribution in [1.82, 2.24) is 0 Å². The van der Waals surface area contributed by atoms with E-state index in [1.54, 1.807) is 0 Å². The zero-order valence-corrected chi connectivity index (χ0v) is 13.3. The van der Waals surface area contributed by atoms with Crippen LogP contribution in [0.5, 0.6) is 0 Å². The van der Waals surface area contributed by atoms with Crippen LogP contribution in [0.4, 0.5) is 17.1 Å². The predicted octanol–water partition coefficient (Wildman–Crippen LogP) is 2.47. The van der Waals surface area contributed by atoms with Crippen molar-refractivity contribution < 1.29 is 9.53 Å². The van der Waals surface area contributed by atoms with Crippen LogP contribution >= 0.6 is 0 Å². The van der Waals surface area contributed by atoms with Crippen LogP contribution in [-0.4, -0.2) is 45.3 Å². The van der Waals surface area contributed by atoms with Crippen LogP contribution in [-0.2, 0) is 9.53 Å². The minimum Gasteiger partial charge on any atom is -0.378 e. The number of hydrogen-bond donors (Lipinski definition) is 1. The molecule has 2 aliphatic heterocycles. The number of hydrogen-bond acceptors (Lipinski definition) is 4. The van der Waals surface area contributed by atoms with Gasteiger partial charge in [-0.25, -0.2) is 0 Å². The van der Waals surface area contributed by atoms with E-state index in [1.807, 2.05) is 6.92 Å². The number of anilines is 3. The molecular weight excluding hydrogens is 278 g/mol. The largest absolute Gasteiger partial charge is 0.378 e. The highest BCUT2D eigenvalue weighted by Gasteiger charge is 2.19. The molecule has 22 heavy (non-hydrogen) atoms. The third-order valence-electron chi connectivity index (χ3n) is 4.40. The highest BCUT2D eigenvalue weighted by molar-refractivity contribution is 5.95. The Morgan fingerprint density at radius 1 is 1.14 bits per heavy atom. The average molecular weight is 303 g/mol. The van der Waals surface area contributed by atoms with E-state index < -0.39 is 0 Å². The number of ether oxygens (including phenoxy) is 1. The molecule has 0 spiro atoms. The molecule has 0 unspecified atom stereocenters. The number of rotatable bonds is 4. The standard InChI is InChI=1S/C17H25N3O2/c1-2-17(21)18-15-13-14(19-7-3-4-8-19)5-6-16(15)20-9-11-22-12-10-20/h5-6,13H,2-4,7-12H2,1H3,(H,18,21). The average Bonchev–Trinajstić information content (AvgIpc) is 3.10. The number of amides is 1. The minimum atomic E-state index is 0.0630. The molecule has 0 radical (unpaired) electrons. The summed E-state index contributed by atoms with van der Waals surface area (Å²) in [5.74, 6) is 0.0630. The molecule has 2 heterocycles. The van der Waals surface area contributed by atoms with Gasteiger partial charge in [-0.1, -0.05) is 6.92 Å². The fourth-order valence-corrected chi connectivity index (χ4v) is 3.11. The van der Waals surface area contributed by atoms with Crippen LogP contribution in [0.1, 0.15) is 26.2 Å². The molecule has 1 aromatic rings. The summed E-state index contributed by atoms with van der Waals surface area (Å²) in [7, 11) is 0. The van der Waals surface area contributed by atoms with Crippen LogP contribution in [0.15, 0.2) is 18.2 Å². The third-order valence-corrected chi connectivity index (χ3v) is 4.40. The van der Waals surface area contributed by atoms with Crippen LogP contribution < -0.4 is 15.1 Å². The lowest BCUT2D eigenvalue weighted by molar-refractivity contribution is -0.115. The summed E-state index contributed by atoms with van der Waals surface area (Å²) in [5.41, 5.74) is 3.24. The monoisotopic (exact) mass is 303 g/mol. The SMILES string of the molecule is CCC(=O)Nc1cc(N2CCCC2)ccc1N1CCOCC1. The highest BCUT2D eigenvalue weighted by atomic mass is 16.5. The number of carbonyl (C=O) groups is 1. The van der Waals surface area contributed by atoms with Crippen LogP contribution in [0.25, 0.3) is 0 Å². The van der Waals surface area contributed by atoms with E-state index in [-0.39, 0.29) is 5.91 Å². The number of benzene rings is 1. The molecule has 120 valence electrons. The molecule has 0 aliphatic carbocycles. The first-order valence-electron chi connectivity index (χ1n) is 8.29. The summed E-state index contributed by atoms with van der Waals surface area (Å²) < 4.78 is 5.43. The second-order valence-electron chi connectivity index (χ2n) is 5.90. The van der Waals surface area contributed by atoms with Gasteiger partial charge in [-0.05, 0) is 31.0 Å². The molecular formula is C17H25N3O2. The molecule has 0 aromatic heterocycles. The Labute approximate surface area is 132 Å². The van der Waals surface area contributed by atoms with E-state index in [1.165, 1.54) is 18.5 Å². The molecule has 1 aromatic carbocycles. The maximum atomic E-state index is 11.9. The van der Waals surface area contributed by atoms with E-state index in [0.717, 1.165) is 50.8 Å². The van der Waals surface area contributed by atoms with Gasteiger partial charge in [0.15, 0.2) is 0 Å². The van der Waals surface area contributed by atoms with Gasteiger partial charge < -0.3 is 19.9 Å². The summed E-state index contributed by atoms with van der Waals surface area (Å²) in [6.07, 6.45) is 3.00. The van der Waals surface area contributed by atoms with Crippen LogP contribution in [0.3, 0.4) is 0 Å². The van der Waals surface area contributed by atoms with Crippen molar-refractivity contribution in [3.63, 3.8) is 0 Å². The van der Waals surface area contributed by atoms with Gasteiger partial charge in [-0.15, -0.1) is 0 Å². The molecule has 1 N–H and O–H groups in total. The Morgan fingerprint density at radius 2 is 1.86 bits per heavy atom. The molecule has 5 nitrogen and oxygen atoms in total. The summed E-state index contributed by atoms with van der Waals surface area (Å²) >= 11 is 0. The van der Waals surface area contributed by atoms with E-state index in [9.17, 15) is 4.79 Å². The summed E-state index contributed by atoms with van der Waals surface area (Å²) in [5, 5.41) is 3.07. The Balaban J connectivity index is 1.87. The number of nitrogens with one attached hydrogen (secondary N) is 1. The smallest absolute Gasteiger partial charge is 0.224 e. The number of morpholine rings is 1. The third kappa shape index (κ3) is 3.35. The zero-order chi connectivity index (χ0) is 15.4. The Morgan fingerprint density at radius 3 is 2.55 bits per heavy atom. The zero-order valence-electron chi connectivity index (χ0n) is 13.3. The van der Waals surface area contributed by atoms with E-state index in [0.29, 0.717) is 6.42 Å². The van der Waals surface area contributed by atoms with Gasteiger partial charge in [0.1, 0.15) is 0 Å². The highest BCUT2D eigenvalue weighted by Crippen LogP contribution is 2.32. The number of carbonyl (C=O) groups excluding carboxylic acids is 1. The minimum absolute atomic E-state index is 0.0630. The van der Waals surface area contributed by atoms with Crippen molar-refractivity contribution in [2.75, 3.05) is 54.5 Å². The topological polar surface area (TPSA) is 44.8 Å². The van der Waals surface area contributed by atoms with Gasteiger partial charge in [-0.2, -0.15) is 0 Å². The molecule has 0 bridgehead atoms. The number of nitrogens with zero attached hydrogens (tertiary/aromatic N) is 2. The summed E-state index contributed by atoms with van der Waals surface area (Å²) in [4.78, 5) is 16.6. The second-order valence-corrected chi connectivity index (χ2v) is 5.90. The maximum absolute atomic E-state index is 11.9. The van der Waals surface area contributed by atoms with Crippen molar-refractivity contribution in [2.45, 2.75) is 26.2 Å². The van der Waals surface area contributed by atoms with Crippen LogP contribution in [0, 0.1) is 0 Å². The lowest BCUT2D eigenvalue weighted by Gasteiger charge is -2.31. The summed E-state index contributed by atoms with van der Waals surface area (Å²) in [6.45, 7) is 7.34. The van der Waals surface area contributed by atoms with Crippen molar-refractivity contribution >= 4 is 23.0 Å². The molecule has 2 aliphatic rings. The van der Waals surface area contributed by atoms with Crippen molar-refractivity contribution in [1.29, 1.82) is 0 Å². The van der Waals surface area contributed by atoms with Gasteiger partial charge in [0, 0.05) is 38.3 Å². The van der Waals surface area contributed by atoms with Gasteiger partial charge in [0.05, 0.1) is 24.6 Å². The molecule has 0 saturated carbocycles. The Hall–Kier alpha value is -1.75. The lowest BCUT2D eigenvalue weighted by atomic mass is 10.2. The fraction of sp³-hybridized carbons (Fsp3) is 0.588. The first-order valence-corrected chi connectivity index (χ1v) is 8.29. The van der Waals surface area contributed by atoms with Crippen LogP contribution in [0.2, 0.25) is 0 Å². The first kappa shape index (κ1) is 15.2. The van der Waals surface area contributed by atoms with Gasteiger partial charge >= 0.3 is 0 Å². The van der Waals surface area contributed by atoms with Crippen molar-refractivity contribution in [2.24, 2.45) is 0 Å². The van der Waals surface area contributed by atoms with Gasteiger partial charge in [0.25, 0.3) is 0 Å². The van der Waals surface area contributed by atoms with Gasteiger partial charge in [0.2, 0.25) is 5.91 Å². The first-order chi connectivity index (χ1) is 10.8. The maximum Gasteiger partial charge on any atom is 0.224 e. The molecule has 0 atom stereocenters. The normalized spacial score (nSPS) is 18.6. The van der Waals surface area contributed by atoms with Gasteiger partial charge in [-0.3, -0.25) is 4.79 Å². The van der Waals surface area contributed by atoms with Crippen molar-refractivity contribution in [3.05, 3.63) is 18.2 Å². The summed E-state index contributed by atoms with van der Waals surface area (Å²) in [6, 6.07) is 6.45. The Bertz CT molecular complexity index is 521. The Kier molecular flexibility index (Phi) is 4.83. The van der Waals surface area contributed by atoms with E-state index >= 15 is 0 Å². The second kappa shape index (κ2) is 7.01. The fourth-order valence-electron chi connectivity index (χ4n) is 3.11. The lowest BCUT2D eigenvalue weighted by Crippen LogP contribution is -2.36. The molecule has 2 fully saturated rings. The molecule has 1 amide bonds. The quantitative estimate of drug-likeness (QED) is 0.928. The molecule has 2 saturated heterocycles. The van der Waals surface area contributed by atoms with E-state index in [2.05, 4.69) is 33.3 Å². The van der Waals surface area contributed by atoms with E-state index in [4.69, 9.17) is 4.74 Å². The molecule has 5 heteroatoms. The van der Waals surface area contributed by atoms with Crippen molar-refractivity contribution in [3.8, 4) is 0 Å². The molecule has 3 rings (SSSR count). The predicted molar refractivity (Wildman–Crippen MR) is 89.8 cm³/mol.